The third-order valence-electron chi connectivity index (χ3n) is 5.23. The molecule has 1 saturated heterocycles. The lowest BCUT2D eigenvalue weighted by Gasteiger charge is -2.21. The van der Waals surface area contributed by atoms with Gasteiger partial charge in [-0.05, 0) is 50.2 Å². The van der Waals surface area contributed by atoms with Crippen LogP contribution >= 0.6 is 0 Å². The summed E-state index contributed by atoms with van der Waals surface area (Å²) < 4.78 is 7.01. The van der Waals surface area contributed by atoms with E-state index in [4.69, 9.17) is 9.84 Å². The van der Waals surface area contributed by atoms with Crippen molar-refractivity contribution in [3.05, 3.63) is 29.6 Å². The Hall–Kier alpha value is -2.41. The van der Waals surface area contributed by atoms with Crippen molar-refractivity contribution in [2.24, 2.45) is 5.92 Å². The van der Waals surface area contributed by atoms with Crippen LogP contribution in [0.15, 0.2) is 18.3 Å². The Balaban J connectivity index is 1.54. The second kappa shape index (κ2) is 5.84. The Morgan fingerprint density at radius 2 is 2.08 bits per heavy atom. The van der Waals surface area contributed by atoms with Gasteiger partial charge in [0.15, 0.2) is 5.65 Å². The van der Waals surface area contributed by atoms with Crippen LogP contribution in [-0.4, -0.2) is 43.1 Å². The summed E-state index contributed by atoms with van der Waals surface area (Å²) >= 11 is 0. The summed E-state index contributed by atoms with van der Waals surface area (Å²) in [6, 6.07) is 3.75. The van der Waals surface area contributed by atoms with E-state index < -0.39 is 0 Å². The molecule has 5 rings (SSSR count). The number of hydrogen-bond acceptors (Lipinski definition) is 5. The highest BCUT2D eigenvalue weighted by molar-refractivity contribution is 5.71. The highest BCUT2D eigenvalue weighted by atomic mass is 16.5. The van der Waals surface area contributed by atoms with Crippen molar-refractivity contribution < 1.29 is 9.84 Å². The third kappa shape index (κ3) is 2.68. The quantitative estimate of drug-likeness (QED) is 0.763. The number of pyridine rings is 1. The summed E-state index contributed by atoms with van der Waals surface area (Å²) in [5.74, 6) is 1.76. The summed E-state index contributed by atoms with van der Waals surface area (Å²) in [6.07, 6.45) is 6.98. The van der Waals surface area contributed by atoms with Gasteiger partial charge in [-0.15, -0.1) is 0 Å². The molecule has 0 atom stereocenters. The molecule has 0 unspecified atom stereocenters. The van der Waals surface area contributed by atoms with Crippen LogP contribution in [0.3, 0.4) is 0 Å². The number of ether oxygens (including phenoxy) is 1. The predicted octanol–water partition coefficient (Wildman–Crippen LogP) is 2.70. The zero-order valence-corrected chi connectivity index (χ0v) is 14.0. The molecule has 3 aromatic rings. The molecule has 4 heterocycles. The zero-order valence-electron chi connectivity index (χ0n) is 14.0. The van der Waals surface area contributed by atoms with E-state index in [9.17, 15) is 5.11 Å². The molecule has 2 aliphatic rings. The maximum atomic E-state index is 10.9. The first-order chi connectivity index (χ1) is 12.3. The van der Waals surface area contributed by atoms with Crippen molar-refractivity contribution >= 4 is 11.2 Å². The van der Waals surface area contributed by atoms with Crippen LogP contribution in [0.25, 0.3) is 17.1 Å². The normalized spacial score (nSPS) is 18.9. The number of imidazole rings is 1. The van der Waals surface area contributed by atoms with E-state index in [2.05, 4.69) is 15.0 Å². The highest BCUT2D eigenvalue weighted by Crippen LogP contribution is 2.44. The molecule has 1 aliphatic heterocycles. The van der Waals surface area contributed by atoms with Crippen LogP contribution in [0.1, 0.15) is 42.9 Å². The van der Waals surface area contributed by atoms with E-state index in [1.54, 1.807) is 10.9 Å². The van der Waals surface area contributed by atoms with E-state index >= 15 is 0 Å². The smallest absolute Gasteiger partial charge is 0.233 e. The molecule has 0 bridgehead atoms. The van der Waals surface area contributed by atoms with E-state index in [-0.39, 0.29) is 5.88 Å². The first-order valence-electron chi connectivity index (χ1n) is 8.99. The first-order valence-corrected chi connectivity index (χ1v) is 8.99. The number of rotatable bonds is 4. The van der Waals surface area contributed by atoms with Gasteiger partial charge in [0.05, 0.1) is 5.69 Å². The van der Waals surface area contributed by atoms with Gasteiger partial charge in [-0.1, -0.05) is 0 Å². The predicted molar refractivity (Wildman–Crippen MR) is 91.9 cm³/mol. The molecule has 0 aromatic carbocycles. The van der Waals surface area contributed by atoms with Gasteiger partial charge in [0.1, 0.15) is 5.52 Å². The van der Waals surface area contributed by atoms with Crippen molar-refractivity contribution in [1.29, 1.82) is 0 Å². The van der Waals surface area contributed by atoms with Crippen molar-refractivity contribution in [2.75, 3.05) is 13.2 Å². The van der Waals surface area contributed by atoms with Gasteiger partial charge < -0.3 is 14.8 Å². The molecule has 2 N–H and O–H groups in total. The van der Waals surface area contributed by atoms with Gasteiger partial charge in [0.25, 0.3) is 0 Å². The van der Waals surface area contributed by atoms with Crippen LogP contribution in [0.2, 0.25) is 0 Å². The molecule has 3 aromatic heterocycles. The van der Waals surface area contributed by atoms with Crippen molar-refractivity contribution in [1.82, 2.24) is 24.7 Å². The van der Waals surface area contributed by atoms with E-state index in [0.717, 1.165) is 62.1 Å². The number of nitrogens with zero attached hydrogens (tertiary/aromatic N) is 4. The number of nitrogens with one attached hydrogen (secondary N) is 1. The average Bonchev–Trinajstić information content (AvgIpc) is 3.31. The maximum absolute atomic E-state index is 10.9. The fourth-order valence-corrected chi connectivity index (χ4v) is 3.66. The van der Waals surface area contributed by atoms with Crippen molar-refractivity contribution in [3.63, 3.8) is 0 Å². The number of hydrogen-bond donors (Lipinski definition) is 2. The van der Waals surface area contributed by atoms with Crippen LogP contribution in [-0.2, 0) is 11.2 Å². The second-order valence-corrected chi connectivity index (χ2v) is 7.06. The lowest BCUT2D eigenvalue weighted by molar-refractivity contribution is 0.0663. The first kappa shape index (κ1) is 14.9. The topological polar surface area (TPSA) is 88.8 Å². The van der Waals surface area contributed by atoms with Crippen LogP contribution in [0.5, 0.6) is 5.88 Å². The number of aromatic amines is 1. The highest BCUT2D eigenvalue weighted by Gasteiger charge is 2.33. The minimum atomic E-state index is 0.215. The Morgan fingerprint density at radius 1 is 1.24 bits per heavy atom. The van der Waals surface area contributed by atoms with Crippen molar-refractivity contribution in [2.45, 2.75) is 38.0 Å². The maximum Gasteiger partial charge on any atom is 0.233 e. The Kier molecular flexibility index (Phi) is 3.48. The fraction of sp³-hybridized carbons (Fsp3) is 0.500. The molecular weight excluding hydrogens is 318 g/mol. The lowest BCUT2D eigenvalue weighted by atomic mass is 9.91. The monoisotopic (exact) mass is 339 g/mol. The molecule has 7 heteroatoms. The molecule has 0 amide bonds. The van der Waals surface area contributed by atoms with Gasteiger partial charge in [0, 0.05) is 30.9 Å². The van der Waals surface area contributed by atoms with Crippen molar-refractivity contribution in [3.8, 4) is 11.8 Å². The minimum Gasteiger partial charge on any atom is -0.493 e. The standard InChI is InChI=1S/C18H21N5O2/c24-17-13(10-11-5-8-25-9-6-11)15(12-3-4-12)22-23(17)18-20-14-2-1-7-19-16(14)21-18/h1-2,7,11-12,24H,3-6,8-10H2,(H,19,20,21). The largest absolute Gasteiger partial charge is 0.493 e. The Morgan fingerprint density at radius 3 is 2.84 bits per heavy atom. The third-order valence-corrected chi connectivity index (χ3v) is 5.23. The van der Waals surface area contributed by atoms with Crippen LogP contribution in [0, 0.1) is 5.92 Å². The number of H-pyrrole nitrogens is 1. The van der Waals surface area contributed by atoms with Crippen LogP contribution < -0.4 is 0 Å². The molecular formula is C18H21N5O2. The van der Waals surface area contributed by atoms with Gasteiger partial charge in [0.2, 0.25) is 11.8 Å². The number of aromatic hydroxyl groups is 1. The Labute approximate surface area is 145 Å². The summed E-state index contributed by atoms with van der Waals surface area (Å²) in [5.41, 5.74) is 3.50. The van der Waals surface area contributed by atoms with E-state index in [1.807, 2.05) is 12.1 Å². The molecule has 7 nitrogen and oxygen atoms in total. The lowest BCUT2D eigenvalue weighted by Crippen LogP contribution is -2.17. The molecule has 130 valence electrons. The van der Waals surface area contributed by atoms with E-state index in [1.165, 1.54) is 0 Å². The Bertz CT molecular complexity index is 872. The van der Waals surface area contributed by atoms with Gasteiger partial charge >= 0.3 is 0 Å². The zero-order chi connectivity index (χ0) is 16.8. The van der Waals surface area contributed by atoms with Gasteiger partial charge in [-0.3, -0.25) is 0 Å². The molecule has 0 radical (unpaired) electrons. The second-order valence-electron chi connectivity index (χ2n) is 7.06. The average molecular weight is 339 g/mol. The number of fused-ring (bicyclic) bond motifs is 1. The number of aromatic nitrogens is 5. The SMILES string of the molecule is Oc1c(CC2CCOCC2)c(C2CC2)nn1-c1nc2cccnc2[nH]1. The van der Waals surface area contributed by atoms with Gasteiger partial charge in [-0.25, -0.2) is 9.97 Å². The summed E-state index contributed by atoms with van der Waals surface area (Å²) in [5, 5.41) is 15.6. The summed E-state index contributed by atoms with van der Waals surface area (Å²) in [6.45, 7) is 1.63. The summed E-state index contributed by atoms with van der Waals surface area (Å²) in [7, 11) is 0. The van der Waals surface area contributed by atoms with Gasteiger partial charge in [-0.2, -0.15) is 9.78 Å². The summed E-state index contributed by atoms with van der Waals surface area (Å²) in [4.78, 5) is 12.0. The minimum absolute atomic E-state index is 0.215. The van der Waals surface area contributed by atoms with E-state index in [0.29, 0.717) is 23.4 Å². The molecule has 25 heavy (non-hydrogen) atoms. The molecule has 1 saturated carbocycles. The molecule has 1 aliphatic carbocycles. The molecule has 0 spiro atoms. The molecule has 2 fully saturated rings. The van der Waals surface area contributed by atoms with Crippen LogP contribution in [0.4, 0.5) is 0 Å². The fourth-order valence-electron chi connectivity index (χ4n) is 3.66.